The SMILES string of the molecule is COc1cc2c(c(OC)c1)C(C)C(C)CN2. The van der Waals surface area contributed by atoms with E-state index >= 15 is 0 Å². The Morgan fingerprint density at radius 2 is 1.94 bits per heavy atom. The molecule has 3 nitrogen and oxygen atoms in total. The Kier molecular flexibility index (Phi) is 2.95. The molecule has 0 spiro atoms. The number of hydrogen-bond acceptors (Lipinski definition) is 3. The second kappa shape index (κ2) is 4.24. The molecule has 2 atom stereocenters. The van der Waals surface area contributed by atoms with Crippen LogP contribution in [-0.2, 0) is 0 Å². The van der Waals surface area contributed by atoms with Gasteiger partial charge in [-0.3, -0.25) is 0 Å². The van der Waals surface area contributed by atoms with Crippen molar-refractivity contribution in [2.24, 2.45) is 5.92 Å². The quantitative estimate of drug-likeness (QED) is 0.833. The lowest BCUT2D eigenvalue weighted by molar-refractivity contribution is 0.380. The minimum absolute atomic E-state index is 0.511. The third-order valence-electron chi connectivity index (χ3n) is 3.49. The number of nitrogens with one attached hydrogen (secondary N) is 1. The van der Waals surface area contributed by atoms with Gasteiger partial charge in [-0.25, -0.2) is 0 Å². The molecule has 1 aromatic rings. The van der Waals surface area contributed by atoms with E-state index in [-0.39, 0.29) is 0 Å². The maximum atomic E-state index is 5.45. The summed E-state index contributed by atoms with van der Waals surface area (Å²) in [6, 6.07) is 4.00. The fourth-order valence-electron chi connectivity index (χ4n) is 2.24. The first kappa shape index (κ1) is 11.1. The van der Waals surface area contributed by atoms with Crippen LogP contribution in [0.5, 0.6) is 11.5 Å². The number of methoxy groups -OCH3 is 2. The smallest absolute Gasteiger partial charge is 0.128 e. The molecule has 2 rings (SSSR count). The van der Waals surface area contributed by atoms with Crippen LogP contribution in [0.3, 0.4) is 0 Å². The lowest BCUT2D eigenvalue weighted by Gasteiger charge is -2.31. The Hall–Kier alpha value is -1.38. The minimum atomic E-state index is 0.511. The second-order valence-electron chi connectivity index (χ2n) is 4.44. The van der Waals surface area contributed by atoms with Crippen LogP contribution in [0.1, 0.15) is 25.3 Å². The molecular formula is C13H19NO2. The molecule has 0 fully saturated rings. The van der Waals surface area contributed by atoms with Gasteiger partial charge in [0.1, 0.15) is 11.5 Å². The largest absolute Gasteiger partial charge is 0.497 e. The predicted molar refractivity (Wildman–Crippen MR) is 65.6 cm³/mol. The van der Waals surface area contributed by atoms with Crippen molar-refractivity contribution < 1.29 is 9.47 Å². The summed E-state index contributed by atoms with van der Waals surface area (Å²) < 4.78 is 10.7. The molecule has 0 saturated heterocycles. The molecule has 0 amide bonds. The fourth-order valence-corrected chi connectivity index (χ4v) is 2.24. The molecule has 0 aliphatic carbocycles. The first-order valence-corrected chi connectivity index (χ1v) is 5.67. The number of hydrogen-bond donors (Lipinski definition) is 1. The normalized spacial score (nSPS) is 23.2. The Bertz CT molecular complexity index is 373. The van der Waals surface area contributed by atoms with Crippen LogP contribution in [0.15, 0.2) is 12.1 Å². The number of fused-ring (bicyclic) bond motifs is 1. The average Bonchev–Trinajstić information content (AvgIpc) is 2.32. The van der Waals surface area contributed by atoms with E-state index in [1.54, 1.807) is 14.2 Å². The minimum Gasteiger partial charge on any atom is -0.497 e. The predicted octanol–water partition coefficient (Wildman–Crippen LogP) is 2.87. The van der Waals surface area contributed by atoms with E-state index in [1.807, 2.05) is 12.1 Å². The van der Waals surface area contributed by atoms with E-state index in [2.05, 4.69) is 19.2 Å². The Morgan fingerprint density at radius 1 is 1.19 bits per heavy atom. The number of rotatable bonds is 2. The molecule has 1 aromatic carbocycles. The lowest BCUT2D eigenvalue weighted by Crippen LogP contribution is -2.24. The average molecular weight is 221 g/mol. The highest BCUT2D eigenvalue weighted by molar-refractivity contribution is 5.64. The summed E-state index contributed by atoms with van der Waals surface area (Å²) in [5.74, 6) is 2.89. The van der Waals surface area contributed by atoms with Gasteiger partial charge in [-0.05, 0) is 11.8 Å². The molecule has 1 N–H and O–H groups in total. The van der Waals surface area contributed by atoms with Gasteiger partial charge < -0.3 is 14.8 Å². The Labute approximate surface area is 96.8 Å². The highest BCUT2D eigenvalue weighted by Crippen LogP contribution is 2.43. The molecule has 16 heavy (non-hydrogen) atoms. The van der Waals surface area contributed by atoms with Gasteiger partial charge in [0.05, 0.1) is 14.2 Å². The summed E-state index contributed by atoms with van der Waals surface area (Å²) in [6.45, 7) is 5.51. The molecule has 1 aliphatic heterocycles. The van der Waals surface area contributed by atoms with Gasteiger partial charge in [0.15, 0.2) is 0 Å². The zero-order valence-corrected chi connectivity index (χ0v) is 10.3. The third kappa shape index (κ3) is 1.70. The molecule has 3 heteroatoms. The van der Waals surface area contributed by atoms with Gasteiger partial charge >= 0.3 is 0 Å². The zero-order chi connectivity index (χ0) is 11.7. The molecule has 2 unspecified atom stereocenters. The van der Waals surface area contributed by atoms with Crippen LogP contribution in [-0.4, -0.2) is 20.8 Å². The number of ether oxygens (including phenoxy) is 2. The Morgan fingerprint density at radius 3 is 2.56 bits per heavy atom. The molecule has 0 saturated carbocycles. The van der Waals surface area contributed by atoms with Crippen LogP contribution >= 0.6 is 0 Å². The molecule has 1 heterocycles. The highest BCUT2D eigenvalue weighted by atomic mass is 16.5. The van der Waals surface area contributed by atoms with E-state index in [4.69, 9.17) is 9.47 Å². The summed E-state index contributed by atoms with van der Waals surface area (Å²) in [7, 11) is 3.39. The van der Waals surface area contributed by atoms with Crippen molar-refractivity contribution in [3.05, 3.63) is 17.7 Å². The van der Waals surface area contributed by atoms with Crippen LogP contribution in [0.4, 0.5) is 5.69 Å². The number of benzene rings is 1. The van der Waals surface area contributed by atoms with Crippen molar-refractivity contribution in [2.75, 3.05) is 26.1 Å². The van der Waals surface area contributed by atoms with Crippen LogP contribution in [0, 0.1) is 5.92 Å². The Balaban J connectivity index is 2.52. The molecule has 0 aromatic heterocycles. The maximum Gasteiger partial charge on any atom is 0.128 e. The van der Waals surface area contributed by atoms with E-state index < -0.39 is 0 Å². The van der Waals surface area contributed by atoms with E-state index in [0.717, 1.165) is 23.7 Å². The standard InChI is InChI=1S/C13H19NO2/c1-8-7-14-11-5-10(15-3)6-12(16-4)13(11)9(8)2/h5-6,8-9,14H,7H2,1-4H3. The zero-order valence-electron chi connectivity index (χ0n) is 10.3. The molecule has 0 radical (unpaired) electrons. The lowest BCUT2D eigenvalue weighted by atomic mass is 9.84. The molecular weight excluding hydrogens is 202 g/mol. The van der Waals surface area contributed by atoms with E-state index in [0.29, 0.717) is 11.8 Å². The highest BCUT2D eigenvalue weighted by Gasteiger charge is 2.26. The summed E-state index contributed by atoms with van der Waals surface area (Å²) in [4.78, 5) is 0. The first-order valence-electron chi connectivity index (χ1n) is 5.67. The van der Waals surface area contributed by atoms with Crippen molar-refractivity contribution in [3.8, 4) is 11.5 Å². The topological polar surface area (TPSA) is 30.5 Å². The second-order valence-corrected chi connectivity index (χ2v) is 4.44. The van der Waals surface area contributed by atoms with Crippen molar-refractivity contribution in [3.63, 3.8) is 0 Å². The van der Waals surface area contributed by atoms with Gasteiger partial charge in [0, 0.05) is 29.9 Å². The van der Waals surface area contributed by atoms with Gasteiger partial charge in [0.25, 0.3) is 0 Å². The summed E-state index contributed by atoms with van der Waals surface area (Å²) >= 11 is 0. The molecule has 1 aliphatic rings. The molecule has 0 bridgehead atoms. The molecule has 88 valence electrons. The van der Waals surface area contributed by atoms with Gasteiger partial charge in [-0.15, -0.1) is 0 Å². The summed E-state index contributed by atoms with van der Waals surface area (Å²) in [5, 5.41) is 3.43. The monoisotopic (exact) mass is 221 g/mol. The first-order chi connectivity index (χ1) is 7.67. The summed E-state index contributed by atoms with van der Waals surface area (Å²) in [6.07, 6.45) is 0. The van der Waals surface area contributed by atoms with Crippen molar-refractivity contribution in [1.29, 1.82) is 0 Å². The van der Waals surface area contributed by atoms with Crippen molar-refractivity contribution >= 4 is 5.69 Å². The van der Waals surface area contributed by atoms with Gasteiger partial charge in [-0.2, -0.15) is 0 Å². The van der Waals surface area contributed by atoms with Crippen LogP contribution in [0.2, 0.25) is 0 Å². The number of anilines is 1. The van der Waals surface area contributed by atoms with Crippen molar-refractivity contribution in [1.82, 2.24) is 0 Å². The van der Waals surface area contributed by atoms with E-state index in [9.17, 15) is 0 Å². The van der Waals surface area contributed by atoms with E-state index in [1.165, 1.54) is 5.56 Å². The fraction of sp³-hybridized carbons (Fsp3) is 0.538. The maximum absolute atomic E-state index is 5.45. The van der Waals surface area contributed by atoms with Crippen molar-refractivity contribution in [2.45, 2.75) is 19.8 Å². The van der Waals surface area contributed by atoms with Gasteiger partial charge in [0.2, 0.25) is 0 Å². The third-order valence-corrected chi connectivity index (χ3v) is 3.49. The summed E-state index contributed by atoms with van der Waals surface area (Å²) in [5.41, 5.74) is 2.41. The van der Waals surface area contributed by atoms with Crippen LogP contribution in [0.25, 0.3) is 0 Å². The van der Waals surface area contributed by atoms with Gasteiger partial charge in [-0.1, -0.05) is 13.8 Å². The van der Waals surface area contributed by atoms with Crippen LogP contribution < -0.4 is 14.8 Å².